The Morgan fingerprint density at radius 3 is 2.75 bits per heavy atom. The van der Waals surface area contributed by atoms with E-state index in [4.69, 9.17) is 4.74 Å². The second-order valence-corrected chi connectivity index (χ2v) is 7.80. The molecule has 2 aromatic rings. The molecule has 1 heterocycles. The molecule has 0 radical (unpaired) electrons. The molecule has 0 atom stereocenters. The number of hydrogen-bond acceptors (Lipinski definition) is 4. The number of fused-ring (bicyclic) bond motifs is 1. The number of nitrogens with zero attached hydrogens (tertiary/aromatic N) is 1. The summed E-state index contributed by atoms with van der Waals surface area (Å²) in [5, 5.41) is 0. The Kier molecular flexibility index (Phi) is 4.94. The van der Waals surface area contributed by atoms with E-state index >= 15 is 0 Å². The highest BCUT2D eigenvalue weighted by Gasteiger charge is 2.17. The number of likely N-dealkylation sites (N-methyl/N-ethyl adjacent to an activating group) is 1. The van der Waals surface area contributed by atoms with E-state index in [0.29, 0.717) is 18.7 Å². The molecular formula is C18H22N2O3S. The van der Waals surface area contributed by atoms with Gasteiger partial charge in [0.25, 0.3) is 0 Å². The second kappa shape index (κ2) is 7.13. The number of sulfonamides is 1. The number of benzene rings is 2. The molecule has 3 rings (SSSR count). The van der Waals surface area contributed by atoms with Crippen molar-refractivity contribution in [2.45, 2.75) is 12.8 Å². The summed E-state index contributed by atoms with van der Waals surface area (Å²) in [7, 11) is -1.39. The summed E-state index contributed by atoms with van der Waals surface area (Å²) in [6, 6.07) is 15.3. The third-order valence-electron chi connectivity index (χ3n) is 4.05. The summed E-state index contributed by atoms with van der Waals surface area (Å²) in [5.74, 6) is 0.890. The van der Waals surface area contributed by atoms with Crippen molar-refractivity contribution in [3.8, 4) is 5.75 Å². The molecule has 24 heavy (non-hydrogen) atoms. The average molecular weight is 346 g/mol. The van der Waals surface area contributed by atoms with E-state index in [2.05, 4.69) is 9.62 Å². The van der Waals surface area contributed by atoms with E-state index in [-0.39, 0.29) is 5.75 Å². The Balaban J connectivity index is 1.61. The van der Waals surface area contributed by atoms with Crippen LogP contribution in [0.1, 0.15) is 12.0 Å². The molecule has 0 spiro atoms. The van der Waals surface area contributed by atoms with Gasteiger partial charge in [0, 0.05) is 7.05 Å². The summed E-state index contributed by atoms with van der Waals surface area (Å²) in [6.07, 6.45) is 1.34. The topological polar surface area (TPSA) is 58.6 Å². The molecule has 1 N–H and O–H groups in total. The van der Waals surface area contributed by atoms with Crippen molar-refractivity contribution < 1.29 is 13.2 Å². The average Bonchev–Trinajstić information content (AvgIpc) is 2.56. The summed E-state index contributed by atoms with van der Waals surface area (Å²) in [6.45, 7) is 1.44. The highest BCUT2D eigenvalue weighted by Crippen LogP contribution is 2.33. The maximum Gasteiger partial charge on any atom is 0.232 e. The molecule has 128 valence electrons. The SMILES string of the molecule is CN1CCOc2ccc(NS(=O)(=O)CCCc3ccccc3)cc21. The van der Waals surface area contributed by atoms with Gasteiger partial charge < -0.3 is 9.64 Å². The van der Waals surface area contributed by atoms with Crippen LogP contribution in [0.3, 0.4) is 0 Å². The molecule has 0 saturated carbocycles. The van der Waals surface area contributed by atoms with Crippen LogP contribution in [0.25, 0.3) is 0 Å². The molecule has 0 aliphatic carbocycles. The smallest absolute Gasteiger partial charge is 0.232 e. The molecule has 6 heteroatoms. The first-order valence-electron chi connectivity index (χ1n) is 8.06. The zero-order valence-electron chi connectivity index (χ0n) is 13.7. The first-order chi connectivity index (χ1) is 11.5. The minimum atomic E-state index is -3.36. The monoisotopic (exact) mass is 346 g/mol. The van der Waals surface area contributed by atoms with Crippen molar-refractivity contribution in [3.05, 3.63) is 54.1 Å². The summed E-state index contributed by atoms with van der Waals surface area (Å²) < 4.78 is 32.8. The van der Waals surface area contributed by atoms with Crippen LogP contribution < -0.4 is 14.4 Å². The van der Waals surface area contributed by atoms with E-state index in [1.807, 2.05) is 49.5 Å². The molecule has 0 aromatic heterocycles. The largest absolute Gasteiger partial charge is 0.490 e. The fourth-order valence-corrected chi connectivity index (χ4v) is 3.87. The Labute approximate surface area is 143 Å². The fourth-order valence-electron chi connectivity index (χ4n) is 2.76. The van der Waals surface area contributed by atoms with Gasteiger partial charge in [-0.05, 0) is 36.6 Å². The molecule has 2 aromatic carbocycles. The Morgan fingerprint density at radius 2 is 1.96 bits per heavy atom. The summed E-state index contributed by atoms with van der Waals surface area (Å²) in [4.78, 5) is 2.06. The van der Waals surface area contributed by atoms with Crippen LogP contribution in [-0.2, 0) is 16.4 Å². The van der Waals surface area contributed by atoms with Gasteiger partial charge in [0.05, 0.1) is 23.7 Å². The van der Waals surface area contributed by atoms with Gasteiger partial charge in [-0.1, -0.05) is 30.3 Å². The molecular weight excluding hydrogens is 324 g/mol. The minimum absolute atomic E-state index is 0.102. The van der Waals surface area contributed by atoms with Crippen molar-refractivity contribution in [3.63, 3.8) is 0 Å². The third kappa shape index (κ3) is 4.20. The summed E-state index contributed by atoms with van der Waals surface area (Å²) in [5.41, 5.74) is 2.64. The van der Waals surface area contributed by atoms with Crippen LogP contribution >= 0.6 is 0 Å². The second-order valence-electron chi connectivity index (χ2n) is 5.96. The van der Waals surface area contributed by atoms with E-state index in [1.54, 1.807) is 6.07 Å². The van der Waals surface area contributed by atoms with E-state index < -0.39 is 10.0 Å². The highest BCUT2D eigenvalue weighted by molar-refractivity contribution is 7.92. The van der Waals surface area contributed by atoms with Gasteiger partial charge in [-0.3, -0.25) is 4.72 Å². The van der Waals surface area contributed by atoms with Crippen LogP contribution in [0.15, 0.2) is 48.5 Å². The van der Waals surface area contributed by atoms with E-state index in [9.17, 15) is 8.42 Å². The molecule has 1 aliphatic rings. The van der Waals surface area contributed by atoms with Gasteiger partial charge in [-0.25, -0.2) is 8.42 Å². The van der Waals surface area contributed by atoms with E-state index in [0.717, 1.165) is 30.0 Å². The lowest BCUT2D eigenvalue weighted by molar-refractivity contribution is 0.311. The maximum absolute atomic E-state index is 12.3. The van der Waals surface area contributed by atoms with Crippen molar-refractivity contribution >= 4 is 21.4 Å². The molecule has 0 amide bonds. The van der Waals surface area contributed by atoms with Crippen LogP contribution in [0.4, 0.5) is 11.4 Å². The number of ether oxygens (including phenoxy) is 1. The lowest BCUT2D eigenvalue weighted by atomic mass is 10.1. The van der Waals surface area contributed by atoms with Gasteiger partial charge in [-0.15, -0.1) is 0 Å². The highest BCUT2D eigenvalue weighted by atomic mass is 32.2. The quantitative estimate of drug-likeness (QED) is 0.874. The summed E-state index contributed by atoms with van der Waals surface area (Å²) >= 11 is 0. The molecule has 0 unspecified atom stereocenters. The van der Waals surface area contributed by atoms with Gasteiger partial charge in [0.2, 0.25) is 10.0 Å². The van der Waals surface area contributed by atoms with Crippen LogP contribution in [-0.4, -0.2) is 34.4 Å². The fraction of sp³-hybridized carbons (Fsp3) is 0.333. The Bertz CT molecular complexity index is 791. The van der Waals surface area contributed by atoms with Crippen molar-refractivity contribution in [1.82, 2.24) is 0 Å². The zero-order valence-corrected chi connectivity index (χ0v) is 14.6. The predicted molar refractivity (Wildman–Crippen MR) is 97.4 cm³/mol. The Hall–Kier alpha value is -2.21. The Morgan fingerprint density at radius 1 is 1.17 bits per heavy atom. The number of nitrogens with one attached hydrogen (secondary N) is 1. The van der Waals surface area contributed by atoms with Gasteiger partial charge in [-0.2, -0.15) is 0 Å². The molecule has 0 bridgehead atoms. The van der Waals surface area contributed by atoms with Gasteiger partial charge >= 0.3 is 0 Å². The van der Waals surface area contributed by atoms with Crippen molar-refractivity contribution in [2.75, 3.05) is 35.6 Å². The van der Waals surface area contributed by atoms with Crippen molar-refractivity contribution in [2.24, 2.45) is 0 Å². The number of anilines is 2. The number of rotatable bonds is 6. The molecule has 5 nitrogen and oxygen atoms in total. The third-order valence-corrected chi connectivity index (χ3v) is 5.42. The van der Waals surface area contributed by atoms with Crippen LogP contribution in [0, 0.1) is 0 Å². The predicted octanol–water partition coefficient (Wildman–Crippen LogP) is 2.89. The van der Waals surface area contributed by atoms with Crippen molar-refractivity contribution in [1.29, 1.82) is 0 Å². The molecule has 0 fully saturated rings. The standard InChI is InChI=1S/C18H22N2O3S/c1-20-11-12-23-18-10-9-16(14-17(18)20)19-24(21,22)13-5-8-15-6-3-2-4-7-15/h2-4,6-7,9-10,14,19H,5,8,11-13H2,1H3. The van der Waals surface area contributed by atoms with Gasteiger partial charge in [0.1, 0.15) is 12.4 Å². The molecule has 1 aliphatic heterocycles. The van der Waals surface area contributed by atoms with Gasteiger partial charge in [0.15, 0.2) is 0 Å². The lowest BCUT2D eigenvalue weighted by Crippen LogP contribution is -2.29. The number of hydrogen-bond donors (Lipinski definition) is 1. The first-order valence-corrected chi connectivity index (χ1v) is 9.71. The lowest BCUT2D eigenvalue weighted by Gasteiger charge is -2.28. The van der Waals surface area contributed by atoms with Crippen LogP contribution in [0.5, 0.6) is 5.75 Å². The number of aryl methyl sites for hydroxylation is 1. The zero-order chi connectivity index (χ0) is 17.0. The normalized spacial score (nSPS) is 14.0. The van der Waals surface area contributed by atoms with E-state index in [1.165, 1.54) is 0 Å². The van der Waals surface area contributed by atoms with Crippen LogP contribution in [0.2, 0.25) is 0 Å². The molecule has 0 saturated heterocycles. The maximum atomic E-state index is 12.3. The first kappa shape index (κ1) is 16.6. The minimum Gasteiger partial charge on any atom is -0.490 e.